The normalized spacial score (nSPS) is 21.7. The van der Waals surface area contributed by atoms with E-state index in [2.05, 4.69) is 6.07 Å². The molecule has 0 bridgehead atoms. The van der Waals surface area contributed by atoms with Crippen LogP contribution in [0.1, 0.15) is 66.4 Å². The second-order valence-corrected chi connectivity index (χ2v) is 6.11. The molecule has 2 heteroatoms. The molecule has 2 nitrogen and oxygen atoms in total. The monoisotopic (exact) mass is 258 g/mol. The Hall–Kier alpha value is -1.15. The first-order valence-electron chi connectivity index (χ1n) is 7.58. The molecule has 1 saturated carbocycles. The number of Topliss-reactive ketones (excluding diaryl/α,β-unsaturated/α-hetero) is 1. The molecule has 3 rings (SSSR count). The highest BCUT2D eigenvalue weighted by Gasteiger charge is 2.36. The lowest BCUT2D eigenvalue weighted by Crippen LogP contribution is -2.38. The van der Waals surface area contributed by atoms with Crippen LogP contribution in [0.4, 0.5) is 0 Å². The summed E-state index contributed by atoms with van der Waals surface area (Å²) in [4.78, 5) is 12.6. The van der Waals surface area contributed by atoms with Crippen LogP contribution < -0.4 is 0 Å². The fourth-order valence-corrected chi connectivity index (χ4v) is 3.52. The number of ketones is 1. The standard InChI is InChI=1S/C17H22O2/c18-16(17(19)10-3-1-2-4-11-17)15-9-8-13-6-5-7-14(13)12-15/h8-9,12,19H,1-7,10-11H2. The number of carbonyl (C=O) groups is 1. The largest absolute Gasteiger partial charge is 0.382 e. The summed E-state index contributed by atoms with van der Waals surface area (Å²) in [7, 11) is 0. The van der Waals surface area contributed by atoms with Crippen molar-refractivity contribution in [1.29, 1.82) is 0 Å². The predicted molar refractivity (Wildman–Crippen MR) is 75.4 cm³/mol. The van der Waals surface area contributed by atoms with Crippen LogP contribution in [0.5, 0.6) is 0 Å². The number of carbonyl (C=O) groups excluding carboxylic acids is 1. The summed E-state index contributed by atoms with van der Waals surface area (Å²) in [5.41, 5.74) is 2.29. The third-order valence-corrected chi connectivity index (χ3v) is 4.71. The van der Waals surface area contributed by atoms with Gasteiger partial charge in [-0.3, -0.25) is 4.79 Å². The molecule has 0 aliphatic heterocycles. The molecule has 0 atom stereocenters. The highest BCUT2D eigenvalue weighted by molar-refractivity contribution is 6.02. The zero-order valence-electron chi connectivity index (χ0n) is 11.5. The molecule has 1 fully saturated rings. The zero-order valence-corrected chi connectivity index (χ0v) is 11.5. The van der Waals surface area contributed by atoms with Crippen LogP contribution in [0.25, 0.3) is 0 Å². The lowest BCUT2D eigenvalue weighted by molar-refractivity contribution is 0.0238. The van der Waals surface area contributed by atoms with Gasteiger partial charge in [0.2, 0.25) is 0 Å². The Morgan fingerprint density at radius 3 is 2.37 bits per heavy atom. The number of hydrogen-bond acceptors (Lipinski definition) is 2. The SMILES string of the molecule is O=C(c1ccc2c(c1)CCC2)C1(O)CCCCCC1. The lowest BCUT2D eigenvalue weighted by atomic mass is 9.85. The van der Waals surface area contributed by atoms with Crippen LogP contribution in [-0.2, 0) is 12.8 Å². The highest BCUT2D eigenvalue weighted by Crippen LogP contribution is 2.31. The summed E-state index contributed by atoms with van der Waals surface area (Å²) in [5.74, 6) is -0.0518. The van der Waals surface area contributed by atoms with E-state index in [1.165, 1.54) is 17.5 Å². The van der Waals surface area contributed by atoms with Crippen LogP contribution in [0, 0.1) is 0 Å². The highest BCUT2D eigenvalue weighted by atomic mass is 16.3. The molecule has 1 aromatic rings. The number of rotatable bonds is 2. The minimum atomic E-state index is -1.11. The summed E-state index contributed by atoms with van der Waals surface area (Å²) in [5, 5.41) is 10.7. The van der Waals surface area contributed by atoms with Crippen LogP contribution in [0.3, 0.4) is 0 Å². The third kappa shape index (κ3) is 2.46. The van der Waals surface area contributed by atoms with E-state index in [0.717, 1.165) is 38.5 Å². The molecule has 0 amide bonds. The Bertz CT molecular complexity index is 482. The van der Waals surface area contributed by atoms with Crippen molar-refractivity contribution in [2.24, 2.45) is 0 Å². The van der Waals surface area contributed by atoms with E-state index in [-0.39, 0.29) is 5.78 Å². The second-order valence-electron chi connectivity index (χ2n) is 6.11. The number of hydrogen-bond donors (Lipinski definition) is 1. The van der Waals surface area contributed by atoms with Gasteiger partial charge in [0, 0.05) is 5.56 Å². The Morgan fingerprint density at radius 1 is 0.947 bits per heavy atom. The molecule has 0 heterocycles. The van der Waals surface area contributed by atoms with Crippen molar-refractivity contribution in [3.8, 4) is 0 Å². The van der Waals surface area contributed by atoms with Crippen LogP contribution >= 0.6 is 0 Å². The second kappa shape index (κ2) is 5.09. The van der Waals surface area contributed by atoms with Gasteiger partial charge in [-0.25, -0.2) is 0 Å². The molecule has 19 heavy (non-hydrogen) atoms. The van der Waals surface area contributed by atoms with Crippen molar-refractivity contribution < 1.29 is 9.90 Å². The van der Waals surface area contributed by atoms with Crippen molar-refractivity contribution in [3.05, 3.63) is 34.9 Å². The van der Waals surface area contributed by atoms with Crippen LogP contribution in [-0.4, -0.2) is 16.5 Å². The Labute approximate surface area is 114 Å². The van der Waals surface area contributed by atoms with Crippen molar-refractivity contribution in [3.63, 3.8) is 0 Å². The molecule has 2 aliphatic rings. The van der Waals surface area contributed by atoms with E-state index >= 15 is 0 Å². The van der Waals surface area contributed by atoms with Crippen molar-refractivity contribution in [1.82, 2.24) is 0 Å². The van der Waals surface area contributed by atoms with Gasteiger partial charge in [0.15, 0.2) is 5.78 Å². The summed E-state index contributed by atoms with van der Waals surface area (Å²) >= 11 is 0. The Balaban J connectivity index is 1.86. The Kier molecular flexibility index (Phi) is 3.44. The quantitative estimate of drug-likeness (QED) is 0.651. The van der Waals surface area contributed by atoms with E-state index in [4.69, 9.17) is 0 Å². The molecule has 2 aliphatic carbocycles. The molecular weight excluding hydrogens is 236 g/mol. The first-order chi connectivity index (χ1) is 9.19. The van der Waals surface area contributed by atoms with Crippen LogP contribution in [0.15, 0.2) is 18.2 Å². The molecule has 1 aromatic carbocycles. The molecule has 0 spiro atoms. The maximum Gasteiger partial charge on any atom is 0.194 e. The van der Waals surface area contributed by atoms with Crippen molar-refractivity contribution in [2.75, 3.05) is 0 Å². The van der Waals surface area contributed by atoms with E-state index in [1.807, 2.05) is 12.1 Å². The molecule has 102 valence electrons. The Morgan fingerprint density at radius 2 is 1.63 bits per heavy atom. The number of benzene rings is 1. The molecule has 0 radical (unpaired) electrons. The fourth-order valence-electron chi connectivity index (χ4n) is 3.52. The summed E-state index contributed by atoms with van der Waals surface area (Å²) in [6.45, 7) is 0. The molecule has 0 unspecified atom stereocenters. The molecule has 1 N–H and O–H groups in total. The zero-order chi connectivity index (χ0) is 13.3. The van der Waals surface area contributed by atoms with E-state index in [1.54, 1.807) is 0 Å². The van der Waals surface area contributed by atoms with Crippen molar-refractivity contribution >= 4 is 5.78 Å². The van der Waals surface area contributed by atoms with E-state index in [0.29, 0.717) is 18.4 Å². The first kappa shape index (κ1) is 12.9. The maximum absolute atomic E-state index is 12.6. The smallest absolute Gasteiger partial charge is 0.194 e. The minimum Gasteiger partial charge on any atom is -0.382 e. The van der Waals surface area contributed by atoms with Gasteiger partial charge in [0.05, 0.1) is 0 Å². The topological polar surface area (TPSA) is 37.3 Å². The fraction of sp³-hybridized carbons (Fsp3) is 0.588. The van der Waals surface area contributed by atoms with Gasteiger partial charge in [0.25, 0.3) is 0 Å². The third-order valence-electron chi connectivity index (χ3n) is 4.71. The van der Waals surface area contributed by atoms with Gasteiger partial charge in [0.1, 0.15) is 5.60 Å². The number of aliphatic hydroxyl groups is 1. The van der Waals surface area contributed by atoms with E-state index < -0.39 is 5.60 Å². The molecule has 0 aromatic heterocycles. The lowest BCUT2D eigenvalue weighted by Gasteiger charge is -2.25. The van der Waals surface area contributed by atoms with Gasteiger partial charge >= 0.3 is 0 Å². The van der Waals surface area contributed by atoms with Crippen LogP contribution in [0.2, 0.25) is 0 Å². The minimum absolute atomic E-state index is 0.0518. The first-order valence-corrected chi connectivity index (χ1v) is 7.58. The average molecular weight is 258 g/mol. The average Bonchev–Trinajstić information content (AvgIpc) is 2.78. The van der Waals surface area contributed by atoms with Gasteiger partial charge in [-0.1, -0.05) is 37.8 Å². The summed E-state index contributed by atoms with van der Waals surface area (Å²) in [6, 6.07) is 6.01. The number of fused-ring (bicyclic) bond motifs is 1. The summed E-state index contributed by atoms with van der Waals surface area (Å²) in [6.07, 6.45) is 8.87. The predicted octanol–water partition coefficient (Wildman–Crippen LogP) is 3.44. The number of aryl methyl sites for hydroxylation is 2. The van der Waals surface area contributed by atoms with Gasteiger partial charge in [-0.15, -0.1) is 0 Å². The summed E-state index contributed by atoms with van der Waals surface area (Å²) < 4.78 is 0. The molecule has 0 saturated heterocycles. The maximum atomic E-state index is 12.6. The van der Waals surface area contributed by atoms with E-state index in [9.17, 15) is 9.90 Å². The van der Waals surface area contributed by atoms with Gasteiger partial charge in [-0.2, -0.15) is 0 Å². The molecular formula is C17H22O2. The van der Waals surface area contributed by atoms with Crippen molar-refractivity contribution in [2.45, 2.75) is 63.4 Å². The van der Waals surface area contributed by atoms with Gasteiger partial charge < -0.3 is 5.11 Å². The van der Waals surface area contributed by atoms with Gasteiger partial charge in [-0.05, 0) is 49.3 Å².